The van der Waals surface area contributed by atoms with Crippen molar-refractivity contribution in [3.8, 4) is 0 Å². The highest BCUT2D eigenvalue weighted by atomic mass is 35.5. The summed E-state index contributed by atoms with van der Waals surface area (Å²) in [4.78, 5) is 11.1. The molecule has 21 heavy (non-hydrogen) atoms. The van der Waals surface area contributed by atoms with Crippen LogP contribution in [0.3, 0.4) is 0 Å². The molecule has 2 aromatic rings. The molecule has 7 nitrogen and oxygen atoms in total. The van der Waals surface area contributed by atoms with Gasteiger partial charge in [-0.1, -0.05) is 11.6 Å². The molecule has 0 aliphatic carbocycles. The smallest absolute Gasteiger partial charge is 0.162 e. The maximum Gasteiger partial charge on any atom is 0.162 e. The van der Waals surface area contributed by atoms with E-state index in [9.17, 15) is 0 Å². The summed E-state index contributed by atoms with van der Waals surface area (Å²) in [6.07, 6.45) is 1.83. The minimum atomic E-state index is 0.0749. The highest BCUT2D eigenvalue weighted by Crippen LogP contribution is 2.21. The Morgan fingerprint density at radius 2 is 1.90 bits per heavy atom. The van der Waals surface area contributed by atoms with Crippen molar-refractivity contribution in [3.63, 3.8) is 0 Å². The van der Waals surface area contributed by atoms with Crippen molar-refractivity contribution in [2.24, 2.45) is 7.05 Å². The molecule has 1 aliphatic heterocycles. The molecule has 2 atom stereocenters. The first-order valence-corrected chi connectivity index (χ1v) is 7.12. The summed E-state index contributed by atoms with van der Waals surface area (Å²) in [5.74, 6) is 0.683. The Balaban J connectivity index is 1.81. The molecule has 1 saturated heterocycles. The van der Waals surface area contributed by atoms with Gasteiger partial charge in [0.05, 0.1) is 30.3 Å². The lowest BCUT2D eigenvalue weighted by atomic mass is 10.3. The second-order valence-electron chi connectivity index (χ2n) is 5.18. The first kappa shape index (κ1) is 14.6. The van der Waals surface area contributed by atoms with Gasteiger partial charge >= 0.3 is 0 Å². The van der Waals surface area contributed by atoms with E-state index >= 15 is 0 Å². The lowest BCUT2D eigenvalue weighted by Crippen LogP contribution is -2.27. The summed E-state index contributed by atoms with van der Waals surface area (Å²) in [6, 6.07) is 0. The van der Waals surface area contributed by atoms with Crippen molar-refractivity contribution in [1.29, 1.82) is 0 Å². The standard InChI is InChI=1S/C13H18ClN5O2/c1-18-13-8(4-15-18)12(14)16-11(17-13)7-19-5-9(20-2)10(6-19)21-3/h4,9-10H,5-7H2,1-3H3. The third kappa shape index (κ3) is 2.74. The summed E-state index contributed by atoms with van der Waals surface area (Å²) in [7, 11) is 5.25. The molecule has 1 fully saturated rings. The number of aromatic nitrogens is 4. The number of likely N-dealkylation sites (tertiary alicyclic amines) is 1. The van der Waals surface area contributed by atoms with Gasteiger partial charge in [0.25, 0.3) is 0 Å². The second-order valence-corrected chi connectivity index (χ2v) is 5.54. The number of hydrogen-bond acceptors (Lipinski definition) is 6. The van der Waals surface area contributed by atoms with Crippen LogP contribution in [-0.4, -0.2) is 64.2 Å². The van der Waals surface area contributed by atoms with E-state index in [0.29, 0.717) is 17.5 Å². The van der Waals surface area contributed by atoms with Gasteiger partial charge in [-0.25, -0.2) is 9.97 Å². The molecule has 0 radical (unpaired) electrons. The fraction of sp³-hybridized carbons (Fsp3) is 0.615. The van der Waals surface area contributed by atoms with Crippen molar-refractivity contribution in [1.82, 2.24) is 24.6 Å². The summed E-state index contributed by atoms with van der Waals surface area (Å²) in [5.41, 5.74) is 0.746. The van der Waals surface area contributed by atoms with E-state index < -0.39 is 0 Å². The van der Waals surface area contributed by atoms with Crippen LogP contribution in [0.4, 0.5) is 0 Å². The second kappa shape index (κ2) is 5.84. The van der Waals surface area contributed by atoms with Crippen LogP contribution >= 0.6 is 11.6 Å². The van der Waals surface area contributed by atoms with Crippen molar-refractivity contribution in [3.05, 3.63) is 17.2 Å². The molecule has 0 saturated carbocycles. The minimum Gasteiger partial charge on any atom is -0.377 e. The molecule has 3 rings (SSSR count). The zero-order chi connectivity index (χ0) is 15.0. The molecule has 114 valence electrons. The fourth-order valence-corrected chi connectivity index (χ4v) is 2.93. The Labute approximate surface area is 127 Å². The highest BCUT2D eigenvalue weighted by molar-refractivity contribution is 6.33. The highest BCUT2D eigenvalue weighted by Gasteiger charge is 2.33. The van der Waals surface area contributed by atoms with Crippen LogP contribution in [0.1, 0.15) is 5.82 Å². The number of halogens is 1. The third-order valence-electron chi connectivity index (χ3n) is 3.85. The topological polar surface area (TPSA) is 65.3 Å². The zero-order valence-electron chi connectivity index (χ0n) is 12.3. The quantitative estimate of drug-likeness (QED) is 0.780. The Bertz CT molecular complexity index is 635. The Hall–Kier alpha value is -1.28. The largest absolute Gasteiger partial charge is 0.377 e. The maximum atomic E-state index is 6.20. The van der Waals surface area contributed by atoms with Crippen LogP contribution in [0.5, 0.6) is 0 Å². The summed E-state index contributed by atoms with van der Waals surface area (Å²) in [5, 5.41) is 5.37. The molecule has 2 aromatic heterocycles. The molecule has 0 amide bonds. The van der Waals surface area contributed by atoms with E-state index in [1.807, 2.05) is 7.05 Å². The van der Waals surface area contributed by atoms with Gasteiger partial charge in [0, 0.05) is 34.4 Å². The van der Waals surface area contributed by atoms with Gasteiger partial charge in [-0.3, -0.25) is 9.58 Å². The van der Waals surface area contributed by atoms with E-state index in [4.69, 9.17) is 21.1 Å². The Morgan fingerprint density at radius 1 is 1.24 bits per heavy atom. The molecular weight excluding hydrogens is 294 g/mol. The first-order valence-electron chi connectivity index (χ1n) is 6.74. The van der Waals surface area contributed by atoms with Crippen molar-refractivity contribution >= 4 is 22.6 Å². The molecule has 0 spiro atoms. The van der Waals surface area contributed by atoms with Gasteiger partial charge in [-0.15, -0.1) is 0 Å². The lowest BCUT2D eigenvalue weighted by Gasteiger charge is -2.14. The van der Waals surface area contributed by atoms with Gasteiger partial charge in [-0.2, -0.15) is 5.10 Å². The molecule has 3 heterocycles. The van der Waals surface area contributed by atoms with Crippen LogP contribution in [0, 0.1) is 0 Å². The maximum absolute atomic E-state index is 6.20. The normalized spacial score (nSPS) is 23.2. The lowest BCUT2D eigenvalue weighted by molar-refractivity contribution is -0.00461. The fourth-order valence-electron chi connectivity index (χ4n) is 2.70. The molecule has 8 heteroatoms. The summed E-state index contributed by atoms with van der Waals surface area (Å²) >= 11 is 6.20. The number of methoxy groups -OCH3 is 2. The van der Waals surface area contributed by atoms with Crippen molar-refractivity contribution in [2.45, 2.75) is 18.8 Å². The van der Waals surface area contributed by atoms with Crippen molar-refractivity contribution < 1.29 is 9.47 Å². The van der Waals surface area contributed by atoms with E-state index in [0.717, 1.165) is 24.1 Å². The minimum absolute atomic E-state index is 0.0749. The predicted octanol–water partition coefficient (Wildman–Crippen LogP) is 0.862. The summed E-state index contributed by atoms with van der Waals surface area (Å²) in [6.45, 7) is 2.19. The predicted molar refractivity (Wildman–Crippen MR) is 78.2 cm³/mol. The Kier molecular flexibility index (Phi) is 4.08. The van der Waals surface area contributed by atoms with Crippen LogP contribution in [0.2, 0.25) is 5.15 Å². The van der Waals surface area contributed by atoms with E-state index in [1.165, 1.54) is 0 Å². The number of ether oxygens (including phenoxy) is 2. The number of nitrogens with zero attached hydrogens (tertiary/aromatic N) is 5. The Morgan fingerprint density at radius 3 is 2.52 bits per heavy atom. The zero-order valence-corrected chi connectivity index (χ0v) is 13.0. The SMILES string of the molecule is COC1CN(Cc2nc(Cl)c3cnn(C)c3n2)CC1OC. The monoisotopic (exact) mass is 311 g/mol. The van der Waals surface area contributed by atoms with Crippen LogP contribution in [0.25, 0.3) is 11.0 Å². The average Bonchev–Trinajstić information content (AvgIpc) is 3.03. The van der Waals surface area contributed by atoms with Gasteiger partial charge < -0.3 is 9.47 Å². The molecule has 0 aromatic carbocycles. The van der Waals surface area contributed by atoms with Crippen LogP contribution in [-0.2, 0) is 23.1 Å². The van der Waals surface area contributed by atoms with E-state index in [2.05, 4.69) is 20.0 Å². The number of rotatable bonds is 4. The van der Waals surface area contributed by atoms with Gasteiger partial charge in [0.2, 0.25) is 0 Å². The number of fused-ring (bicyclic) bond motifs is 1. The molecular formula is C13H18ClN5O2. The van der Waals surface area contributed by atoms with Crippen LogP contribution in [0.15, 0.2) is 6.20 Å². The van der Waals surface area contributed by atoms with E-state index in [-0.39, 0.29) is 12.2 Å². The molecule has 0 N–H and O–H groups in total. The molecule has 2 unspecified atom stereocenters. The first-order chi connectivity index (χ1) is 10.1. The van der Waals surface area contributed by atoms with Gasteiger partial charge in [0.1, 0.15) is 11.0 Å². The third-order valence-corrected chi connectivity index (χ3v) is 4.14. The van der Waals surface area contributed by atoms with Crippen molar-refractivity contribution in [2.75, 3.05) is 27.3 Å². The number of aryl methyl sites for hydroxylation is 1. The molecule has 1 aliphatic rings. The summed E-state index contributed by atoms with van der Waals surface area (Å²) < 4.78 is 12.6. The van der Waals surface area contributed by atoms with Gasteiger partial charge in [0.15, 0.2) is 5.65 Å². The average molecular weight is 312 g/mol. The number of hydrogen-bond donors (Lipinski definition) is 0. The van der Waals surface area contributed by atoms with Crippen LogP contribution < -0.4 is 0 Å². The van der Waals surface area contributed by atoms with E-state index in [1.54, 1.807) is 25.1 Å². The molecule has 0 bridgehead atoms. The van der Waals surface area contributed by atoms with Gasteiger partial charge in [-0.05, 0) is 0 Å².